The van der Waals surface area contributed by atoms with Crippen molar-refractivity contribution in [3.05, 3.63) is 118 Å². The molecule has 4 aromatic rings. The lowest BCUT2D eigenvalue weighted by Gasteiger charge is -2.18. The third-order valence-corrected chi connectivity index (χ3v) is 6.81. The van der Waals surface area contributed by atoms with Gasteiger partial charge in [-0.25, -0.2) is 0 Å². The lowest BCUT2D eigenvalue weighted by molar-refractivity contribution is 0.0929. The molecule has 0 aliphatic carbocycles. The summed E-state index contributed by atoms with van der Waals surface area (Å²) in [6.07, 6.45) is 0. The molecule has 4 rings (SSSR count). The lowest BCUT2D eigenvalue weighted by Crippen LogP contribution is -2.28. The van der Waals surface area contributed by atoms with Crippen LogP contribution in [0.15, 0.2) is 72.8 Å². The van der Waals surface area contributed by atoms with Crippen LogP contribution in [0.5, 0.6) is 0 Å². The van der Waals surface area contributed by atoms with E-state index in [2.05, 4.69) is 10.6 Å². The smallest absolute Gasteiger partial charge is 0.253 e. The lowest BCUT2D eigenvalue weighted by atomic mass is 10.0. The van der Waals surface area contributed by atoms with E-state index < -0.39 is 0 Å². The molecule has 2 heterocycles. The maximum Gasteiger partial charge on any atom is 0.253 e. The number of carbonyl (C=O) groups is 2. The van der Waals surface area contributed by atoms with Gasteiger partial charge in [0.1, 0.15) is 0 Å². The molecule has 0 aliphatic rings. The summed E-state index contributed by atoms with van der Waals surface area (Å²) in [7, 11) is 0. The Bertz CT molecular complexity index is 1310. The van der Waals surface area contributed by atoms with Crippen molar-refractivity contribution in [2.45, 2.75) is 53.6 Å². The summed E-state index contributed by atoms with van der Waals surface area (Å²) in [5, 5.41) is 6.16. The number of nitrogens with zero attached hydrogens (tertiary/aromatic N) is 2. The Kier molecular flexibility index (Phi) is 8.01. The van der Waals surface area contributed by atoms with Crippen LogP contribution < -0.4 is 10.6 Å². The van der Waals surface area contributed by atoms with Gasteiger partial charge in [-0.05, 0) is 75.9 Å². The van der Waals surface area contributed by atoms with Crippen molar-refractivity contribution in [3.63, 3.8) is 0 Å². The fourth-order valence-electron chi connectivity index (χ4n) is 4.80. The molecule has 6 heteroatoms. The first-order valence-corrected chi connectivity index (χ1v) is 12.8. The summed E-state index contributed by atoms with van der Waals surface area (Å²) in [5.41, 5.74) is 7.46. The van der Waals surface area contributed by atoms with Gasteiger partial charge >= 0.3 is 0 Å². The third-order valence-electron chi connectivity index (χ3n) is 6.81. The molecule has 0 fully saturated rings. The van der Waals surface area contributed by atoms with Crippen LogP contribution in [-0.2, 0) is 0 Å². The zero-order valence-electron chi connectivity index (χ0n) is 22.8. The summed E-state index contributed by atoms with van der Waals surface area (Å²) in [4.78, 5) is 35.7. The first-order chi connectivity index (χ1) is 18.2. The quantitative estimate of drug-likeness (QED) is 0.306. The highest BCUT2D eigenvalue weighted by molar-refractivity contribution is 5.98. The zero-order chi connectivity index (χ0) is 27.4. The van der Waals surface area contributed by atoms with Crippen molar-refractivity contribution in [2.75, 3.05) is 0 Å². The predicted molar refractivity (Wildman–Crippen MR) is 151 cm³/mol. The number of nitrogens with one attached hydrogen (secondary N) is 2. The highest BCUT2D eigenvalue weighted by Crippen LogP contribution is 2.25. The second-order valence-corrected chi connectivity index (χ2v) is 9.78. The molecular weight excluding hydrogens is 472 g/mol. The second-order valence-electron chi connectivity index (χ2n) is 9.78. The van der Waals surface area contributed by atoms with E-state index in [4.69, 9.17) is 9.97 Å². The van der Waals surface area contributed by atoms with E-state index in [0.717, 1.165) is 22.3 Å². The van der Waals surface area contributed by atoms with Crippen LogP contribution in [0.2, 0.25) is 0 Å². The summed E-state index contributed by atoms with van der Waals surface area (Å²) in [5.74, 6) is -0.314. The van der Waals surface area contributed by atoms with Gasteiger partial charge in [-0.3, -0.25) is 19.6 Å². The van der Waals surface area contributed by atoms with E-state index in [1.807, 2.05) is 114 Å². The standard InChI is InChI=1S/C32H34N4O2/c1-19-17-27(33-23(5)29(19)31(37)35-21(3)25-13-9-7-10-14-25)28-18-20(2)30(24(6)34-28)32(38)36-22(4)26-15-11-8-12-16-26/h7-18,21-22H,1-6H3,(H,35,37)(H,36,38)/t21-,22-/m1/s1. The predicted octanol–water partition coefficient (Wildman–Crippen LogP) is 6.36. The van der Waals surface area contributed by atoms with Gasteiger partial charge in [0, 0.05) is 0 Å². The summed E-state index contributed by atoms with van der Waals surface area (Å²) in [6.45, 7) is 11.4. The van der Waals surface area contributed by atoms with Crippen LogP contribution in [0.25, 0.3) is 11.4 Å². The molecule has 2 N–H and O–H groups in total. The molecule has 0 saturated carbocycles. The van der Waals surface area contributed by atoms with Crippen molar-refractivity contribution >= 4 is 11.8 Å². The van der Waals surface area contributed by atoms with Crippen LogP contribution >= 0.6 is 0 Å². The number of pyridine rings is 2. The van der Waals surface area contributed by atoms with E-state index in [9.17, 15) is 9.59 Å². The maximum atomic E-state index is 13.1. The minimum absolute atomic E-state index is 0.127. The number of carbonyl (C=O) groups excluding carboxylic acids is 2. The van der Waals surface area contributed by atoms with E-state index in [1.165, 1.54) is 0 Å². The Morgan fingerprint density at radius 1 is 0.605 bits per heavy atom. The highest BCUT2D eigenvalue weighted by atomic mass is 16.2. The van der Waals surface area contributed by atoms with E-state index in [1.54, 1.807) is 0 Å². The molecule has 2 aromatic heterocycles. The molecule has 0 unspecified atom stereocenters. The summed E-state index contributed by atoms with van der Waals surface area (Å²) in [6, 6.07) is 23.2. The summed E-state index contributed by atoms with van der Waals surface area (Å²) >= 11 is 0. The number of aryl methyl sites for hydroxylation is 4. The Morgan fingerprint density at radius 2 is 0.947 bits per heavy atom. The maximum absolute atomic E-state index is 13.1. The molecule has 2 atom stereocenters. The number of amides is 2. The Hall–Kier alpha value is -4.32. The average Bonchev–Trinajstić information content (AvgIpc) is 2.88. The zero-order valence-corrected chi connectivity index (χ0v) is 22.8. The molecule has 2 amide bonds. The van der Waals surface area contributed by atoms with Gasteiger partial charge in [0.05, 0.1) is 46.0 Å². The number of hydrogen-bond acceptors (Lipinski definition) is 4. The Labute approximate surface area is 224 Å². The number of hydrogen-bond donors (Lipinski definition) is 2. The monoisotopic (exact) mass is 506 g/mol. The molecule has 6 nitrogen and oxygen atoms in total. The van der Waals surface area contributed by atoms with Gasteiger partial charge in [-0.1, -0.05) is 60.7 Å². The SMILES string of the molecule is Cc1cc(-c2cc(C)c(C(=O)N[C@H](C)c3ccccc3)c(C)n2)nc(C)c1C(=O)N[C@H](C)c1ccccc1. The van der Waals surface area contributed by atoms with Crippen molar-refractivity contribution in [2.24, 2.45) is 0 Å². The van der Waals surface area contributed by atoms with Crippen molar-refractivity contribution in [1.82, 2.24) is 20.6 Å². The third kappa shape index (κ3) is 5.80. The van der Waals surface area contributed by atoms with Gasteiger partial charge in [-0.15, -0.1) is 0 Å². The highest BCUT2D eigenvalue weighted by Gasteiger charge is 2.21. The van der Waals surface area contributed by atoms with Crippen LogP contribution in [0, 0.1) is 27.7 Å². The van der Waals surface area contributed by atoms with E-state index >= 15 is 0 Å². The first kappa shape index (κ1) is 26.7. The largest absolute Gasteiger partial charge is 0.345 e. The molecule has 0 bridgehead atoms. The van der Waals surface area contributed by atoms with Crippen molar-refractivity contribution in [1.29, 1.82) is 0 Å². The number of aromatic nitrogens is 2. The van der Waals surface area contributed by atoms with Gasteiger partial charge in [0.2, 0.25) is 0 Å². The van der Waals surface area contributed by atoms with Crippen molar-refractivity contribution in [3.8, 4) is 11.4 Å². The first-order valence-electron chi connectivity index (χ1n) is 12.8. The molecule has 0 saturated heterocycles. The fourth-order valence-corrected chi connectivity index (χ4v) is 4.80. The van der Waals surface area contributed by atoms with Gasteiger partial charge < -0.3 is 10.6 Å². The molecule has 0 aliphatic heterocycles. The van der Waals surface area contributed by atoms with E-state index in [-0.39, 0.29) is 23.9 Å². The topological polar surface area (TPSA) is 84.0 Å². The molecule has 2 aromatic carbocycles. The van der Waals surface area contributed by atoms with Crippen LogP contribution in [0.4, 0.5) is 0 Å². The minimum Gasteiger partial charge on any atom is -0.345 e. The summed E-state index contributed by atoms with van der Waals surface area (Å²) < 4.78 is 0. The van der Waals surface area contributed by atoms with Gasteiger partial charge in [0.25, 0.3) is 11.8 Å². The normalized spacial score (nSPS) is 12.5. The van der Waals surface area contributed by atoms with Crippen LogP contribution in [0.3, 0.4) is 0 Å². The van der Waals surface area contributed by atoms with E-state index in [0.29, 0.717) is 33.9 Å². The van der Waals surface area contributed by atoms with Gasteiger partial charge in [-0.2, -0.15) is 0 Å². The molecule has 38 heavy (non-hydrogen) atoms. The molecule has 0 radical (unpaired) electrons. The molecule has 194 valence electrons. The van der Waals surface area contributed by atoms with Crippen LogP contribution in [0.1, 0.15) is 80.3 Å². The fraction of sp³-hybridized carbons (Fsp3) is 0.250. The van der Waals surface area contributed by atoms with Crippen molar-refractivity contribution < 1.29 is 9.59 Å². The van der Waals surface area contributed by atoms with Crippen LogP contribution in [-0.4, -0.2) is 21.8 Å². The molecule has 0 spiro atoms. The second kappa shape index (κ2) is 11.4. The minimum atomic E-state index is -0.157. The molecular formula is C32H34N4O2. The number of benzene rings is 2. The number of rotatable bonds is 7. The Morgan fingerprint density at radius 3 is 1.26 bits per heavy atom. The van der Waals surface area contributed by atoms with Gasteiger partial charge in [0.15, 0.2) is 0 Å². The Balaban J connectivity index is 1.56. The average molecular weight is 507 g/mol.